The number of hydrogen-bond donors (Lipinski definition) is 2. The summed E-state index contributed by atoms with van der Waals surface area (Å²) in [5, 5.41) is 8.34. The monoisotopic (exact) mass is 421 g/mol. The number of rotatable bonds is 5. The largest absolute Gasteiger partial charge is 0.465 e. The molecule has 1 aliphatic heterocycles. The molecule has 0 radical (unpaired) electrons. The lowest BCUT2D eigenvalue weighted by Gasteiger charge is -2.19. The van der Waals surface area contributed by atoms with Crippen LogP contribution in [0.15, 0.2) is 42.6 Å². The fourth-order valence-electron chi connectivity index (χ4n) is 4.59. The van der Waals surface area contributed by atoms with Crippen LogP contribution in [0.1, 0.15) is 53.1 Å². The Hall–Kier alpha value is -2.57. The van der Waals surface area contributed by atoms with Crippen molar-refractivity contribution in [3.05, 3.63) is 69.9 Å². The zero-order valence-electron chi connectivity index (χ0n) is 17.2. The van der Waals surface area contributed by atoms with Gasteiger partial charge in [0.1, 0.15) is 11.5 Å². The first-order valence-electron chi connectivity index (χ1n) is 10.8. The highest BCUT2D eigenvalue weighted by Crippen LogP contribution is 2.40. The Labute approximate surface area is 181 Å². The number of esters is 1. The highest BCUT2D eigenvalue weighted by molar-refractivity contribution is 7.15. The van der Waals surface area contributed by atoms with Gasteiger partial charge >= 0.3 is 5.97 Å². The molecule has 2 aromatic heterocycles. The van der Waals surface area contributed by atoms with Crippen molar-refractivity contribution < 1.29 is 9.53 Å². The number of anilines is 1. The van der Waals surface area contributed by atoms with Crippen LogP contribution in [0.3, 0.4) is 0 Å². The molecule has 30 heavy (non-hydrogen) atoms. The summed E-state index contributed by atoms with van der Waals surface area (Å²) in [5.74, 6) is -0.237. The molecule has 1 unspecified atom stereocenters. The van der Waals surface area contributed by atoms with Crippen LogP contribution in [0, 0.1) is 0 Å². The summed E-state index contributed by atoms with van der Waals surface area (Å²) >= 11 is 1.98. The van der Waals surface area contributed by atoms with Gasteiger partial charge in [-0.1, -0.05) is 12.1 Å². The standard InChI is InChI=1S/C24H27N3O2S/c1-2-29-22(28)15-25-17-11-9-16(10-12-17)23-20-7-5-13-27(20)24-19(14-26-23)18-6-3-4-8-21(18)30-24/h5,7,9-13,23,25-26H,2-4,6,8,14-15H2,1H3. The number of benzene rings is 1. The van der Waals surface area contributed by atoms with Gasteiger partial charge in [0.05, 0.1) is 12.6 Å². The lowest BCUT2D eigenvalue weighted by Crippen LogP contribution is -2.22. The second-order valence-corrected chi connectivity index (χ2v) is 8.98. The van der Waals surface area contributed by atoms with E-state index in [0.717, 1.165) is 12.2 Å². The molecule has 0 saturated carbocycles. The number of carbonyl (C=O) groups excluding carboxylic acids is 1. The molecule has 156 valence electrons. The third-order valence-corrected chi connectivity index (χ3v) is 7.36. The predicted molar refractivity (Wildman–Crippen MR) is 121 cm³/mol. The van der Waals surface area contributed by atoms with E-state index in [1.54, 1.807) is 10.4 Å². The van der Waals surface area contributed by atoms with Crippen molar-refractivity contribution in [3.63, 3.8) is 0 Å². The fraction of sp³-hybridized carbons (Fsp3) is 0.375. The molecule has 0 saturated heterocycles. The summed E-state index contributed by atoms with van der Waals surface area (Å²) in [7, 11) is 0. The molecule has 0 fully saturated rings. The molecule has 2 aliphatic rings. The van der Waals surface area contributed by atoms with Gasteiger partial charge in [0, 0.05) is 34.6 Å². The van der Waals surface area contributed by atoms with E-state index in [0.29, 0.717) is 6.61 Å². The molecule has 0 bridgehead atoms. The van der Waals surface area contributed by atoms with Crippen LogP contribution in [-0.4, -0.2) is 23.7 Å². The van der Waals surface area contributed by atoms with E-state index in [-0.39, 0.29) is 18.6 Å². The van der Waals surface area contributed by atoms with Crippen molar-refractivity contribution >= 4 is 23.0 Å². The Morgan fingerprint density at radius 2 is 2.03 bits per heavy atom. The second-order valence-electron chi connectivity index (χ2n) is 7.89. The van der Waals surface area contributed by atoms with Crippen LogP contribution in [0.2, 0.25) is 0 Å². The van der Waals surface area contributed by atoms with Gasteiger partial charge in [0.25, 0.3) is 0 Å². The van der Waals surface area contributed by atoms with E-state index >= 15 is 0 Å². The van der Waals surface area contributed by atoms with Crippen LogP contribution >= 0.6 is 11.3 Å². The third-order valence-electron chi connectivity index (χ3n) is 6.02. The number of hydrogen-bond acceptors (Lipinski definition) is 5. The number of thiophene rings is 1. The van der Waals surface area contributed by atoms with E-state index in [4.69, 9.17) is 4.74 Å². The molecule has 1 aromatic carbocycles. The molecule has 1 aliphatic carbocycles. The lowest BCUT2D eigenvalue weighted by atomic mass is 9.95. The number of ether oxygens (including phenoxy) is 1. The van der Waals surface area contributed by atoms with E-state index in [1.807, 2.05) is 30.4 Å². The van der Waals surface area contributed by atoms with E-state index in [2.05, 4.69) is 45.7 Å². The molecule has 1 atom stereocenters. The molecule has 3 aromatic rings. The fourth-order valence-corrected chi connectivity index (χ4v) is 6.00. The van der Waals surface area contributed by atoms with Crippen LogP contribution in [-0.2, 0) is 28.9 Å². The van der Waals surface area contributed by atoms with Crippen molar-refractivity contribution in [1.29, 1.82) is 0 Å². The van der Waals surface area contributed by atoms with Gasteiger partial charge in [-0.25, -0.2) is 0 Å². The topological polar surface area (TPSA) is 55.3 Å². The molecular formula is C24H27N3O2S. The number of aromatic nitrogens is 1. The minimum absolute atomic E-state index is 0.137. The molecule has 6 heteroatoms. The Balaban J connectivity index is 1.39. The maximum absolute atomic E-state index is 11.6. The summed E-state index contributed by atoms with van der Waals surface area (Å²) < 4.78 is 7.36. The van der Waals surface area contributed by atoms with E-state index in [9.17, 15) is 4.79 Å². The third kappa shape index (κ3) is 3.55. The number of nitrogens with zero attached hydrogens (tertiary/aromatic N) is 1. The Morgan fingerprint density at radius 1 is 1.20 bits per heavy atom. The first-order valence-corrected chi connectivity index (χ1v) is 11.6. The van der Waals surface area contributed by atoms with Crippen LogP contribution in [0.25, 0.3) is 5.00 Å². The van der Waals surface area contributed by atoms with Crippen molar-refractivity contribution in [2.24, 2.45) is 0 Å². The van der Waals surface area contributed by atoms with Gasteiger partial charge in [-0.3, -0.25) is 4.79 Å². The maximum Gasteiger partial charge on any atom is 0.325 e. The van der Waals surface area contributed by atoms with Crippen LogP contribution in [0.5, 0.6) is 0 Å². The van der Waals surface area contributed by atoms with Crippen molar-refractivity contribution in [1.82, 2.24) is 9.88 Å². The molecule has 5 rings (SSSR count). The van der Waals surface area contributed by atoms with Gasteiger partial charge in [0.15, 0.2) is 0 Å². The normalized spacial score (nSPS) is 17.4. The predicted octanol–water partition coefficient (Wildman–Crippen LogP) is 4.59. The van der Waals surface area contributed by atoms with Gasteiger partial charge < -0.3 is 19.9 Å². The average Bonchev–Trinajstić information content (AvgIpc) is 3.35. The second kappa shape index (κ2) is 8.28. The minimum atomic E-state index is -0.237. The van der Waals surface area contributed by atoms with E-state index < -0.39 is 0 Å². The number of fused-ring (bicyclic) bond motifs is 5. The average molecular weight is 422 g/mol. The van der Waals surface area contributed by atoms with Gasteiger partial charge in [-0.05, 0) is 68.0 Å². The number of carbonyl (C=O) groups is 1. The highest BCUT2D eigenvalue weighted by atomic mass is 32.1. The zero-order chi connectivity index (χ0) is 20.5. The van der Waals surface area contributed by atoms with Crippen molar-refractivity contribution in [3.8, 4) is 5.00 Å². The van der Waals surface area contributed by atoms with Gasteiger partial charge in [0.2, 0.25) is 0 Å². The zero-order valence-corrected chi connectivity index (χ0v) is 18.1. The van der Waals surface area contributed by atoms with Crippen LogP contribution < -0.4 is 10.6 Å². The van der Waals surface area contributed by atoms with Gasteiger partial charge in [-0.2, -0.15) is 0 Å². The Morgan fingerprint density at radius 3 is 2.87 bits per heavy atom. The van der Waals surface area contributed by atoms with Crippen molar-refractivity contribution in [2.45, 2.75) is 45.2 Å². The molecule has 0 spiro atoms. The molecule has 5 nitrogen and oxygen atoms in total. The summed E-state index contributed by atoms with van der Waals surface area (Å²) in [6.45, 7) is 3.30. The molecule has 0 amide bonds. The summed E-state index contributed by atoms with van der Waals surface area (Å²) in [6, 6.07) is 12.8. The highest BCUT2D eigenvalue weighted by Gasteiger charge is 2.28. The maximum atomic E-state index is 11.6. The van der Waals surface area contributed by atoms with Crippen molar-refractivity contribution in [2.75, 3.05) is 18.5 Å². The number of aryl methyl sites for hydroxylation is 1. The summed E-state index contributed by atoms with van der Waals surface area (Å²) in [5.41, 5.74) is 6.50. The molecule has 3 heterocycles. The lowest BCUT2D eigenvalue weighted by molar-refractivity contribution is -0.140. The molecule has 2 N–H and O–H groups in total. The minimum Gasteiger partial charge on any atom is -0.465 e. The van der Waals surface area contributed by atoms with Gasteiger partial charge in [-0.15, -0.1) is 11.3 Å². The quantitative estimate of drug-likeness (QED) is 0.592. The molecular weight excluding hydrogens is 394 g/mol. The Bertz CT molecular complexity index is 1050. The van der Waals surface area contributed by atoms with E-state index in [1.165, 1.54) is 47.5 Å². The smallest absolute Gasteiger partial charge is 0.325 e. The number of nitrogens with one attached hydrogen (secondary N) is 2. The first-order chi connectivity index (χ1) is 14.7. The SMILES string of the molecule is CCOC(=O)CNc1ccc(C2NCc3c(sc4c3CCCC4)-n3cccc32)cc1. The first kappa shape index (κ1) is 19.4. The summed E-state index contributed by atoms with van der Waals surface area (Å²) in [4.78, 5) is 13.2. The Kier molecular flexibility index (Phi) is 5.35. The summed E-state index contributed by atoms with van der Waals surface area (Å²) in [6.07, 6.45) is 7.26. The van der Waals surface area contributed by atoms with Crippen LogP contribution in [0.4, 0.5) is 5.69 Å².